The molecule has 0 spiro atoms. The number of rotatable bonds is 4. The molecule has 1 aromatic carbocycles. The van der Waals surface area contributed by atoms with Crippen LogP contribution in [-0.2, 0) is 9.47 Å². The first-order chi connectivity index (χ1) is 8.25. The van der Waals surface area contributed by atoms with Gasteiger partial charge in [0.1, 0.15) is 5.82 Å². The Bertz CT molecular complexity index is 350. The Morgan fingerprint density at radius 1 is 1.35 bits per heavy atom. The average Bonchev–Trinajstić information content (AvgIpc) is 2.37. The molecule has 1 atom stereocenters. The predicted octanol–water partition coefficient (Wildman–Crippen LogP) is 2.40. The third-order valence-corrected chi connectivity index (χ3v) is 2.81. The zero-order chi connectivity index (χ0) is 12.1. The Kier molecular flexibility index (Phi) is 4.48. The number of hydrogen-bond acceptors (Lipinski definition) is 3. The number of benzene rings is 1. The molecule has 1 fully saturated rings. The van der Waals surface area contributed by atoms with Crippen molar-refractivity contribution in [3.8, 4) is 0 Å². The summed E-state index contributed by atoms with van der Waals surface area (Å²) >= 11 is 0. The van der Waals surface area contributed by atoms with Gasteiger partial charge < -0.3 is 14.6 Å². The van der Waals surface area contributed by atoms with Crippen molar-refractivity contribution in [1.82, 2.24) is 0 Å². The van der Waals surface area contributed by atoms with Crippen LogP contribution >= 0.6 is 0 Å². The van der Waals surface area contributed by atoms with Crippen molar-refractivity contribution in [2.45, 2.75) is 31.7 Å². The third kappa shape index (κ3) is 3.77. The molecule has 1 aromatic rings. The maximum atomic E-state index is 13.0. The molecule has 0 aromatic heterocycles. The highest BCUT2D eigenvalue weighted by Crippen LogP contribution is 2.21. The van der Waals surface area contributed by atoms with Crippen LogP contribution in [0.5, 0.6) is 0 Å². The molecular formula is C13H17FO3. The largest absolute Gasteiger partial charge is 0.388 e. The van der Waals surface area contributed by atoms with Crippen LogP contribution in [-0.4, -0.2) is 24.6 Å². The van der Waals surface area contributed by atoms with Crippen molar-refractivity contribution in [1.29, 1.82) is 0 Å². The molecule has 1 saturated heterocycles. The molecular weight excluding hydrogens is 223 g/mol. The second-order valence-electron chi connectivity index (χ2n) is 4.17. The first kappa shape index (κ1) is 12.5. The normalized spacial score (nSPS) is 19.2. The molecule has 0 amide bonds. The van der Waals surface area contributed by atoms with Crippen molar-refractivity contribution < 1.29 is 19.0 Å². The van der Waals surface area contributed by atoms with Gasteiger partial charge in [-0.2, -0.15) is 0 Å². The van der Waals surface area contributed by atoms with Gasteiger partial charge in [0.25, 0.3) is 0 Å². The van der Waals surface area contributed by atoms with Gasteiger partial charge in [0.2, 0.25) is 0 Å². The molecule has 1 aliphatic heterocycles. The summed E-state index contributed by atoms with van der Waals surface area (Å²) in [7, 11) is 0. The summed E-state index contributed by atoms with van der Waals surface area (Å²) in [6.07, 6.45) is 1.15. The second-order valence-corrected chi connectivity index (χ2v) is 4.17. The van der Waals surface area contributed by atoms with Crippen LogP contribution in [0.15, 0.2) is 24.3 Å². The summed E-state index contributed by atoms with van der Waals surface area (Å²) in [5.74, 6) is -0.327. The quantitative estimate of drug-likeness (QED) is 0.878. The Balaban J connectivity index is 1.82. The lowest BCUT2D eigenvalue weighted by molar-refractivity contribution is -0.183. The maximum absolute atomic E-state index is 13.0. The van der Waals surface area contributed by atoms with Crippen molar-refractivity contribution in [2.24, 2.45) is 0 Å². The summed E-state index contributed by atoms with van der Waals surface area (Å²) in [6.45, 7) is 1.42. The first-order valence-electron chi connectivity index (χ1n) is 5.92. The molecule has 0 bridgehead atoms. The van der Waals surface area contributed by atoms with Crippen molar-refractivity contribution in [3.63, 3.8) is 0 Å². The summed E-state index contributed by atoms with van der Waals surface area (Å²) in [5.41, 5.74) is 0.598. The second kappa shape index (κ2) is 6.10. The van der Waals surface area contributed by atoms with E-state index in [2.05, 4.69) is 0 Å². The van der Waals surface area contributed by atoms with E-state index in [1.807, 2.05) is 0 Å². The van der Waals surface area contributed by atoms with Crippen LogP contribution in [0.3, 0.4) is 0 Å². The van der Waals surface area contributed by atoms with Gasteiger partial charge in [0.05, 0.1) is 19.3 Å². The Morgan fingerprint density at radius 3 is 2.82 bits per heavy atom. The Labute approximate surface area is 100 Å². The van der Waals surface area contributed by atoms with Crippen LogP contribution in [0, 0.1) is 5.82 Å². The van der Waals surface area contributed by atoms with Crippen LogP contribution in [0.25, 0.3) is 0 Å². The van der Waals surface area contributed by atoms with Crippen LogP contribution in [0.4, 0.5) is 4.39 Å². The lowest BCUT2D eigenvalue weighted by Crippen LogP contribution is -2.25. The van der Waals surface area contributed by atoms with Crippen LogP contribution in [0.2, 0.25) is 0 Å². The van der Waals surface area contributed by atoms with Gasteiger partial charge in [0, 0.05) is 6.42 Å². The lowest BCUT2D eigenvalue weighted by atomic mass is 10.0. The topological polar surface area (TPSA) is 38.7 Å². The fraction of sp³-hybridized carbons (Fsp3) is 0.538. The number of aliphatic hydroxyl groups excluding tert-OH is 1. The van der Waals surface area contributed by atoms with E-state index in [9.17, 15) is 9.50 Å². The van der Waals surface area contributed by atoms with E-state index in [-0.39, 0.29) is 12.1 Å². The molecule has 0 saturated carbocycles. The number of hydrogen-bond donors (Lipinski definition) is 1. The lowest BCUT2D eigenvalue weighted by Gasteiger charge is -2.24. The van der Waals surface area contributed by atoms with Gasteiger partial charge >= 0.3 is 0 Å². The monoisotopic (exact) mass is 240 g/mol. The summed E-state index contributed by atoms with van der Waals surface area (Å²) in [4.78, 5) is 0. The van der Waals surface area contributed by atoms with Crippen LogP contribution < -0.4 is 0 Å². The van der Waals surface area contributed by atoms with Crippen molar-refractivity contribution in [3.05, 3.63) is 35.6 Å². The van der Waals surface area contributed by atoms with E-state index in [1.54, 1.807) is 12.1 Å². The minimum Gasteiger partial charge on any atom is -0.388 e. The van der Waals surface area contributed by atoms with Gasteiger partial charge in [-0.05, 0) is 30.5 Å². The van der Waals surface area contributed by atoms with Crippen LogP contribution in [0.1, 0.15) is 30.9 Å². The fourth-order valence-corrected chi connectivity index (χ4v) is 1.88. The van der Waals surface area contributed by atoms with E-state index in [1.165, 1.54) is 12.1 Å². The predicted molar refractivity (Wildman–Crippen MR) is 60.9 cm³/mol. The molecule has 0 radical (unpaired) electrons. The highest BCUT2D eigenvalue weighted by molar-refractivity contribution is 5.18. The minimum absolute atomic E-state index is 0.230. The highest BCUT2D eigenvalue weighted by Gasteiger charge is 2.17. The smallest absolute Gasteiger partial charge is 0.157 e. The zero-order valence-corrected chi connectivity index (χ0v) is 9.64. The molecule has 1 aliphatic rings. The molecule has 1 heterocycles. The number of aliphatic hydroxyl groups is 1. The molecule has 1 unspecified atom stereocenters. The Hall–Kier alpha value is -0.970. The molecule has 3 nitrogen and oxygen atoms in total. The fourth-order valence-electron chi connectivity index (χ4n) is 1.88. The standard InChI is InChI=1S/C13H17FO3/c14-11-4-1-3-10(9-11)12(15)5-6-13-16-7-2-8-17-13/h1,3-4,9,12-13,15H,2,5-8H2. The van der Waals surface area contributed by atoms with E-state index in [0.717, 1.165) is 6.42 Å². The maximum Gasteiger partial charge on any atom is 0.157 e. The minimum atomic E-state index is -0.667. The summed E-state index contributed by atoms with van der Waals surface area (Å²) < 4.78 is 23.7. The molecule has 1 N–H and O–H groups in total. The van der Waals surface area contributed by atoms with Gasteiger partial charge in [-0.25, -0.2) is 4.39 Å². The molecule has 94 valence electrons. The molecule has 2 rings (SSSR count). The SMILES string of the molecule is OC(CCC1OCCCO1)c1cccc(F)c1. The van der Waals surface area contributed by atoms with Crippen molar-refractivity contribution in [2.75, 3.05) is 13.2 Å². The van der Waals surface area contributed by atoms with E-state index in [0.29, 0.717) is 31.6 Å². The first-order valence-corrected chi connectivity index (χ1v) is 5.92. The zero-order valence-electron chi connectivity index (χ0n) is 9.64. The van der Waals surface area contributed by atoms with E-state index in [4.69, 9.17) is 9.47 Å². The van der Waals surface area contributed by atoms with Gasteiger partial charge in [0.15, 0.2) is 6.29 Å². The van der Waals surface area contributed by atoms with E-state index < -0.39 is 6.10 Å². The van der Waals surface area contributed by atoms with Gasteiger partial charge in [-0.3, -0.25) is 0 Å². The van der Waals surface area contributed by atoms with E-state index >= 15 is 0 Å². The Morgan fingerprint density at radius 2 is 2.12 bits per heavy atom. The molecule has 0 aliphatic carbocycles. The average molecular weight is 240 g/mol. The van der Waals surface area contributed by atoms with Crippen molar-refractivity contribution >= 4 is 0 Å². The highest BCUT2D eigenvalue weighted by atomic mass is 19.1. The molecule has 17 heavy (non-hydrogen) atoms. The van der Waals surface area contributed by atoms with Gasteiger partial charge in [-0.1, -0.05) is 12.1 Å². The summed E-state index contributed by atoms with van der Waals surface area (Å²) in [6, 6.07) is 6.04. The third-order valence-electron chi connectivity index (χ3n) is 2.81. The number of halogens is 1. The summed E-state index contributed by atoms with van der Waals surface area (Å²) in [5, 5.41) is 9.90. The number of ether oxygens (including phenoxy) is 2. The molecule has 4 heteroatoms. The van der Waals surface area contributed by atoms with Gasteiger partial charge in [-0.15, -0.1) is 0 Å².